The molecular formula is C11H10F3N3OS. The highest BCUT2D eigenvalue weighted by molar-refractivity contribution is 7.17. The Labute approximate surface area is 110 Å². The van der Waals surface area contributed by atoms with Crippen molar-refractivity contribution in [1.82, 2.24) is 15.1 Å². The summed E-state index contributed by atoms with van der Waals surface area (Å²) in [6.45, 7) is 0. The van der Waals surface area contributed by atoms with Crippen LogP contribution in [0.4, 0.5) is 13.2 Å². The highest BCUT2D eigenvalue weighted by Crippen LogP contribution is 2.33. The number of alkyl halides is 3. The standard InChI is InChI=1S/C11H10F3N3OS/c1-15-10(18)8-4-3-7(19-8)6-5-9(11(12,13)14)16-17(6)2/h3-5H,1-2H3,(H,15,18). The number of hydrogen-bond donors (Lipinski definition) is 1. The molecule has 1 amide bonds. The van der Waals surface area contributed by atoms with Gasteiger partial charge >= 0.3 is 6.18 Å². The lowest BCUT2D eigenvalue weighted by Gasteiger charge is -1.98. The van der Waals surface area contributed by atoms with Crippen molar-refractivity contribution in [2.45, 2.75) is 6.18 Å². The van der Waals surface area contributed by atoms with E-state index in [1.54, 1.807) is 12.1 Å². The second kappa shape index (κ2) is 4.69. The zero-order valence-electron chi connectivity index (χ0n) is 10.1. The summed E-state index contributed by atoms with van der Waals surface area (Å²) in [7, 11) is 2.93. The Morgan fingerprint density at radius 3 is 2.63 bits per heavy atom. The predicted octanol–water partition coefficient (Wildman–Crippen LogP) is 2.53. The molecule has 0 aliphatic heterocycles. The van der Waals surface area contributed by atoms with Crippen LogP contribution in [0.3, 0.4) is 0 Å². The van der Waals surface area contributed by atoms with E-state index >= 15 is 0 Å². The van der Waals surface area contributed by atoms with Crippen LogP contribution in [0.2, 0.25) is 0 Å². The van der Waals surface area contributed by atoms with Gasteiger partial charge in [0.25, 0.3) is 5.91 Å². The van der Waals surface area contributed by atoms with E-state index in [0.717, 1.165) is 22.1 Å². The van der Waals surface area contributed by atoms with Crippen LogP contribution in [0.25, 0.3) is 10.6 Å². The molecule has 19 heavy (non-hydrogen) atoms. The number of hydrogen-bond acceptors (Lipinski definition) is 3. The van der Waals surface area contributed by atoms with E-state index < -0.39 is 11.9 Å². The number of carbonyl (C=O) groups is 1. The van der Waals surface area contributed by atoms with Crippen LogP contribution in [-0.2, 0) is 13.2 Å². The molecule has 2 heterocycles. The van der Waals surface area contributed by atoms with Crippen molar-refractivity contribution in [3.8, 4) is 10.6 Å². The Balaban J connectivity index is 2.40. The molecule has 0 atom stereocenters. The summed E-state index contributed by atoms with van der Waals surface area (Å²) in [5.74, 6) is -0.269. The normalized spacial score (nSPS) is 11.6. The van der Waals surface area contributed by atoms with Crippen molar-refractivity contribution in [3.63, 3.8) is 0 Å². The minimum Gasteiger partial charge on any atom is -0.354 e. The number of aromatic nitrogens is 2. The van der Waals surface area contributed by atoms with Crippen LogP contribution in [0.15, 0.2) is 18.2 Å². The van der Waals surface area contributed by atoms with Gasteiger partial charge in [0.2, 0.25) is 0 Å². The van der Waals surface area contributed by atoms with Crippen molar-refractivity contribution >= 4 is 17.2 Å². The summed E-state index contributed by atoms with van der Waals surface area (Å²) in [6, 6.07) is 4.14. The van der Waals surface area contributed by atoms with E-state index in [1.807, 2.05) is 0 Å². The monoisotopic (exact) mass is 289 g/mol. The lowest BCUT2D eigenvalue weighted by atomic mass is 10.3. The van der Waals surface area contributed by atoms with Gasteiger partial charge in [-0.15, -0.1) is 11.3 Å². The highest BCUT2D eigenvalue weighted by atomic mass is 32.1. The predicted molar refractivity (Wildman–Crippen MR) is 64.9 cm³/mol. The van der Waals surface area contributed by atoms with Crippen LogP contribution in [0.5, 0.6) is 0 Å². The number of rotatable bonds is 2. The van der Waals surface area contributed by atoms with E-state index in [-0.39, 0.29) is 5.91 Å². The first-order valence-corrected chi connectivity index (χ1v) is 6.08. The molecule has 8 heteroatoms. The lowest BCUT2D eigenvalue weighted by Crippen LogP contribution is -2.15. The molecule has 0 saturated carbocycles. The number of amides is 1. The molecule has 0 bridgehead atoms. The largest absolute Gasteiger partial charge is 0.435 e. The molecule has 0 aromatic carbocycles. The van der Waals surface area contributed by atoms with Crippen molar-refractivity contribution in [2.75, 3.05) is 7.05 Å². The molecule has 0 aliphatic carbocycles. The first-order chi connectivity index (χ1) is 8.82. The van der Waals surface area contributed by atoms with E-state index in [4.69, 9.17) is 0 Å². The maximum absolute atomic E-state index is 12.5. The first kappa shape index (κ1) is 13.6. The zero-order valence-corrected chi connectivity index (χ0v) is 10.9. The van der Waals surface area contributed by atoms with Crippen molar-refractivity contribution in [1.29, 1.82) is 0 Å². The molecule has 1 N–H and O–H groups in total. The Kier molecular flexibility index (Phi) is 3.36. The molecule has 102 valence electrons. The molecule has 2 rings (SSSR count). The third-order valence-corrected chi connectivity index (χ3v) is 3.59. The van der Waals surface area contributed by atoms with Gasteiger partial charge in [0.05, 0.1) is 15.4 Å². The molecule has 0 aliphatic rings. The minimum absolute atomic E-state index is 0.269. The van der Waals surface area contributed by atoms with Gasteiger partial charge in [-0.25, -0.2) is 0 Å². The quantitative estimate of drug-likeness (QED) is 0.923. The summed E-state index contributed by atoms with van der Waals surface area (Å²) in [5, 5.41) is 5.89. The second-order valence-electron chi connectivity index (χ2n) is 3.78. The third kappa shape index (κ3) is 2.62. The van der Waals surface area contributed by atoms with Crippen LogP contribution in [0.1, 0.15) is 15.4 Å². The number of aryl methyl sites for hydroxylation is 1. The zero-order chi connectivity index (χ0) is 14.2. The van der Waals surface area contributed by atoms with Gasteiger partial charge in [-0.05, 0) is 18.2 Å². The van der Waals surface area contributed by atoms with E-state index in [1.165, 1.54) is 14.1 Å². The van der Waals surface area contributed by atoms with Gasteiger partial charge in [0, 0.05) is 14.1 Å². The summed E-state index contributed by atoms with van der Waals surface area (Å²) in [5.41, 5.74) is -0.618. The van der Waals surface area contributed by atoms with Crippen molar-refractivity contribution < 1.29 is 18.0 Å². The smallest absolute Gasteiger partial charge is 0.354 e. The van der Waals surface area contributed by atoms with Crippen LogP contribution in [-0.4, -0.2) is 22.7 Å². The Morgan fingerprint density at radius 1 is 1.42 bits per heavy atom. The molecule has 4 nitrogen and oxygen atoms in total. The van der Waals surface area contributed by atoms with Gasteiger partial charge in [0.15, 0.2) is 5.69 Å². The fourth-order valence-electron chi connectivity index (χ4n) is 1.56. The number of halogens is 3. The maximum Gasteiger partial charge on any atom is 0.435 e. The van der Waals surface area contributed by atoms with Crippen LogP contribution < -0.4 is 5.32 Å². The van der Waals surface area contributed by atoms with E-state index in [2.05, 4.69) is 10.4 Å². The summed E-state index contributed by atoms with van der Waals surface area (Å²) >= 11 is 1.12. The maximum atomic E-state index is 12.5. The molecule has 2 aromatic rings. The molecule has 0 radical (unpaired) electrons. The lowest BCUT2D eigenvalue weighted by molar-refractivity contribution is -0.141. The third-order valence-electron chi connectivity index (χ3n) is 2.48. The van der Waals surface area contributed by atoms with Gasteiger partial charge in [-0.1, -0.05) is 0 Å². The second-order valence-corrected chi connectivity index (χ2v) is 4.86. The number of nitrogens with one attached hydrogen (secondary N) is 1. The van der Waals surface area contributed by atoms with Gasteiger partial charge in [-0.3, -0.25) is 9.48 Å². The van der Waals surface area contributed by atoms with E-state index in [0.29, 0.717) is 15.4 Å². The van der Waals surface area contributed by atoms with Gasteiger partial charge in [-0.2, -0.15) is 18.3 Å². The Morgan fingerprint density at radius 2 is 2.11 bits per heavy atom. The molecule has 0 saturated heterocycles. The van der Waals surface area contributed by atoms with E-state index in [9.17, 15) is 18.0 Å². The number of carbonyl (C=O) groups excluding carboxylic acids is 1. The summed E-state index contributed by atoms with van der Waals surface area (Å²) in [4.78, 5) is 12.4. The number of thiophene rings is 1. The Hall–Kier alpha value is -1.83. The molecular weight excluding hydrogens is 279 g/mol. The van der Waals surface area contributed by atoms with Gasteiger partial charge < -0.3 is 5.32 Å². The van der Waals surface area contributed by atoms with Crippen molar-refractivity contribution in [3.05, 3.63) is 28.8 Å². The van der Waals surface area contributed by atoms with Crippen LogP contribution in [0, 0.1) is 0 Å². The van der Waals surface area contributed by atoms with Gasteiger partial charge in [0.1, 0.15) is 0 Å². The van der Waals surface area contributed by atoms with Crippen molar-refractivity contribution in [2.24, 2.45) is 7.05 Å². The fourth-order valence-corrected chi connectivity index (χ4v) is 2.56. The summed E-state index contributed by atoms with van der Waals surface area (Å²) < 4.78 is 38.8. The number of nitrogens with zero attached hydrogens (tertiary/aromatic N) is 2. The molecule has 0 unspecified atom stereocenters. The average Bonchev–Trinajstić information content (AvgIpc) is 2.93. The highest BCUT2D eigenvalue weighted by Gasteiger charge is 2.34. The SMILES string of the molecule is CNC(=O)c1ccc(-c2cc(C(F)(F)F)nn2C)s1. The summed E-state index contributed by atoms with van der Waals surface area (Å²) in [6.07, 6.45) is -4.48. The first-order valence-electron chi connectivity index (χ1n) is 5.26. The molecule has 0 fully saturated rings. The fraction of sp³-hybridized carbons (Fsp3) is 0.273. The van der Waals surface area contributed by atoms with Crippen LogP contribution >= 0.6 is 11.3 Å². The molecule has 0 spiro atoms. The minimum atomic E-state index is -4.48. The Bertz CT molecular complexity index is 615. The topological polar surface area (TPSA) is 46.9 Å². The average molecular weight is 289 g/mol. The molecule has 2 aromatic heterocycles.